The van der Waals surface area contributed by atoms with Gasteiger partial charge in [0.15, 0.2) is 0 Å². The van der Waals surface area contributed by atoms with Gasteiger partial charge in [-0.1, -0.05) is 62.5 Å². The van der Waals surface area contributed by atoms with Crippen LogP contribution in [-0.2, 0) is 0 Å². The standard InChI is InChI=1S/C16H30/c1-15-13-11-9-7-5-3-4-6-8-10-12-14-16(15)2/h3-14H2,1-2H3/b16-15-. The molecule has 0 aliphatic heterocycles. The molecule has 0 saturated carbocycles. The molecule has 0 nitrogen and oxygen atoms in total. The van der Waals surface area contributed by atoms with Crippen LogP contribution < -0.4 is 0 Å². The molecular weight excluding hydrogens is 192 g/mol. The maximum Gasteiger partial charge on any atom is -0.0320 e. The summed E-state index contributed by atoms with van der Waals surface area (Å²) in [4.78, 5) is 0. The lowest BCUT2D eigenvalue weighted by molar-refractivity contribution is 0.545. The highest BCUT2D eigenvalue weighted by atomic mass is 14.1. The Morgan fingerprint density at radius 3 is 1.00 bits per heavy atom. The maximum atomic E-state index is 2.35. The van der Waals surface area contributed by atoms with Crippen LogP contribution in [0, 0.1) is 0 Å². The summed E-state index contributed by atoms with van der Waals surface area (Å²) in [5.74, 6) is 0. The van der Waals surface area contributed by atoms with Crippen molar-refractivity contribution in [1.29, 1.82) is 0 Å². The van der Waals surface area contributed by atoms with Crippen LogP contribution >= 0.6 is 0 Å². The van der Waals surface area contributed by atoms with Crippen LogP contribution in [0.15, 0.2) is 11.1 Å². The lowest BCUT2D eigenvalue weighted by Gasteiger charge is -2.09. The predicted molar refractivity (Wildman–Crippen MR) is 73.8 cm³/mol. The van der Waals surface area contributed by atoms with Crippen molar-refractivity contribution in [1.82, 2.24) is 0 Å². The van der Waals surface area contributed by atoms with E-state index in [4.69, 9.17) is 0 Å². The third kappa shape index (κ3) is 6.35. The zero-order valence-electron chi connectivity index (χ0n) is 11.5. The minimum atomic E-state index is 1.35. The van der Waals surface area contributed by atoms with E-state index < -0.39 is 0 Å². The van der Waals surface area contributed by atoms with Crippen molar-refractivity contribution >= 4 is 0 Å². The third-order valence-corrected chi connectivity index (χ3v) is 4.08. The highest BCUT2D eigenvalue weighted by Crippen LogP contribution is 2.20. The Labute approximate surface area is 103 Å². The van der Waals surface area contributed by atoms with Gasteiger partial charge in [0.1, 0.15) is 0 Å². The normalized spacial score (nSPS) is 27.4. The molecule has 0 N–H and O–H groups in total. The van der Waals surface area contributed by atoms with Gasteiger partial charge < -0.3 is 0 Å². The molecule has 1 aliphatic rings. The van der Waals surface area contributed by atoms with E-state index in [1.165, 1.54) is 77.0 Å². The Morgan fingerprint density at radius 1 is 0.438 bits per heavy atom. The Hall–Kier alpha value is -0.260. The summed E-state index contributed by atoms with van der Waals surface area (Å²) in [5.41, 5.74) is 3.36. The van der Waals surface area contributed by atoms with Crippen LogP contribution in [0.5, 0.6) is 0 Å². The fourth-order valence-corrected chi connectivity index (χ4v) is 2.62. The molecular formula is C16H30. The molecule has 0 aromatic carbocycles. The number of hydrogen-bond donors (Lipinski definition) is 0. The Morgan fingerprint density at radius 2 is 0.688 bits per heavy atom. The van der Waals surface area contributed by atoms with E-state index in [1.54, 1.807) is 11.1 Å². The lowest BCUT2D eigenvalue weighted by atomic mass is 9.97. The van der Waals surface area contributed by atoms with Crippen molar-refractivity contribution in [2.75, 3.05) is 0 Å². The first-order valence-corrected chi connectivity index (χ1v) is 7.46. The molecule has 0 spiro atoms. The number of hydrogen-bond acceptors (Lipinski definition) is 0. The summed E-state index contributed by atoms with van der Waals surface area (Å²) in [6, 6.07) is 0. The second-order valence-electron chi connectivity index (χ2n) is 5.60. The molecule has 0 saturated heterocycles. The highest BCUT2D eigenvalue weighted by molar-refractivity contribution is 5.09. The van der Waals surface area contributed by atoms with E-state index >= 15 is 0 Å². The van der Waals surface area contributed by atoms with Crippen molar-refractivity contribution in [2.24, 2.45) is 0 Å². The Kier molecular flexibility index (Phi) is 7.63. The molecule has 1 aliphatic carbocycles. The monoisotopic (exact) mass is 222 g/mol. The molecule has 0 radical (unpaired) electrons. The molecule has 0 atom stereocenters. The van der Waals surface area contributed by atoms with E-state index in [-0.39, 0.29) is 0 Å². The lowest BCUT2D eigenvalue weighted by Crippen LogP contribution is -1.89. The second-order valence-corrected chi connectivity index (χ2v) is 5.60. The van der Waals surface area contributed by atoms with Crippen molar-refractivity contribution in [3.63, 3.8) is 0 Å². The van der Waals surface area contributed by atoms with Crippen LogP contribution in [0.25, 0.3) is 0 Å². The first-order valence-electron chi connectivity index (χ1n) is 7.46. The summed E-state index contributed by atoms with van der Waals surface area (Å²) in [7, 11) is 0. The Bertz CT molecular complexity index is 178. The molecule has 94 valence electrons. The van der Waals surface area contributed by atoms with Gasteiger partial charge >= 0.3 is 0 Å². The van der Waals surface area contributed by atoms with E-state index in [9.17, 15) is 0 Å². The summed E-state index contributed by atoms with van der Waals surface area (Å²) < 4.78 is 0. The summed E-state index contributed by atoms with van der Waals surface area (Å²) >= 11 is 0. The predicted octanol–water partition coefficient (Wildman–Crippen LogP) is 6.02. The smallest absolute Gasteiger partial charge is 0.0320 e. The fourth-order valence-electron chi connectivity index (χ4n) is 2.62. The molecule has 0 fully saturated rings. The number of rotatable bonds is 0. The summed E-state index contributed by atoms with van der Waals surface area (Å²) in [5, 5.41) is 0. The third-order valence-electron chi connectivity index (χ3n) is 4.08. The summed E-state index contributed by atoms with van der Waals surface area (Å²) in [6.45, 7) is 4.70. The van der Waals surface area contributed by atoms with Crippen molar-refractivity contribution in [3.8, 4) is 0 Å². The topological polar surface area (TPSA) is 0 Å². The zero-order chi connectivity index (χ0) is 11.6. The molecule has 0 unspecified atom stereocenters. The van der Waals surface area contributed by atoms with E-state index in [0.717, 1.165) is 0 Å². The minimum Gasteiger partial charge on any atom is -0.0744 e. The fraction of sp³-hybridized carbons (Fsp3) is 0.875. The first kappa shape index (κ1) is 13.8. The van der Waals surface area contributed by atoms with Crippen LogP contribution in [0.1, 0.15) is 90.9 Å². The van der Waals surface area contributed by atoms with Gasteiger partial charge in [-0.25, -0.2) is 0 Å². The van der Waals surface area contributed by atoms with Crippen LogP contribution in [0.3, 0.4) is 0 Å². The van der Waals surface area contributed by atoms with Gasteiger partial charge in [0.05, 0.1) is 0 Å². The molecule has 0 aromatic rings. The number of allylic oxidation sites excluding steroid dienone is 2. The van der Waals surface area contributed by atoms with E-state index in [2.05, 4.69) is 13.8 Å². The van der Waals surface area contributed by atoms with Gasteiger partial charge in [-0.15, -0.1) is 0 Å². The molecule has 1 rings (SSSR count). The van der Waals surface area contributed by atoms with Gasteiger partial charge in [-0.2, -0.15) is 0 Å². The van der Waals surface area contributed by atoms with E-state index in [1.807, 2.05) is 0 Å². The molecule has 0 aromatic heterocycles. The van der Waals surface area contributed by atoms with Crippen LogP contribution in [-0.4, -0.2) is 0 Å². The first-order chi connectivity index (χ1) is 7.80. The maximum absolute atomic E-state index is 2.35. The average Bonchev–Trinajstić information content (AvgIpc) is 2.29. The van der Waals surface area contributed by atoms with Crippen LogP contribution in [0.2, 0.25) is 0 Å². The minimum absolute atomic E-state index is 1.35. The van der Waals surface area contributed by atoms with E-state index in [0.29, 0.717) is 0 Å². The highest BCUT2D eigenvalue weighted by Gasteiger charge is 2.00. The largest absolute Gasteiger partial charge is 0.0744 e. The van der Waals surface area contributed by atoms with Gasteiger partial charge in [0, 0.05) is 0 Å². The molecule has 0 amide bonds. The van der Waals surface area contributed by atoms with Crippen molar-refractivity contribution < 1.29 is 0 Å². The summed E-state index contributed by atoms with van der Waals surface area (Å²) in [6.07, 6.45) is 17.3. The molecule has 0 heteroatoms. The van der Waals surface area contributed by atoms with Gasteiger partial charge in [0.25, 0.3) is 0 Å². The van der Waals surface area contributed by atoms with Gasteiger partial charge in [-0.3, -0.25) is 0 Å². The second kappa shape index (κ2) is 8.84. The SMILES string of the molecule is C/C1=C(\C)CCCCCCCCCCCC1. The zero-order valence-corrected chi connectivity index (χ0v) is 11.5. The molecule has 0 heterocycles. The van der Waals surface area contributed by atoms with Gasteiger partial charge in [-0.05, 0) is 39.5 Å². The molecule has 0 bridgehead atoms. The van der Waals surface area contributed by atoms with Gasteiger partial charge in [0.2, 0.25) is 0 Å². The Balaban J connectivity index is 2.33. The van der Waals surface area contributed by atoms with Crippen molar-refractivity contribution in [3.05, 3.63) is 11.1 Å². The average molecular weight is 222 g/mol. The quantitative estimate of drug-likeness (QED) is 0.440. The van der Waals surface area contributed by atoms with Crippen molar-refractivity contribution in [2.45, 2.75) is 90.9 Å². The molecule has 16 heavy (non-hydrogen) atoms. The van der Waals surface area contributed by atoms with Crippen LogP contribution in [0.4, 0.5) is 0 Å².